The van der Waals surface area contributed by atoms with Gasteiger partial charge in [-0.2, -0.15) is 0 Å². The van der Waals surface area contributed by atoms with Crippen LogP contribution in [-0.2, 0) is 4.79 Å². The minimum atomic E-state index is -0.867. The third-order valence-electron chi connectivity index (χ3n) is 2.06. The zero-order valence-electron chi connectivity index (χ0n) is 8.73. The Balaban J connectivity index is 2.36. The third-order valence-corrected chi connectivity index (χ3v) is 2.06. The second-order valence-electron chi connectivity index (χ2n) is 3.60. The summed E-state index contributed by atoms with van der Waals surface area (Å²) in [6.07, 6.45) is -0.0150. The summed E-state index contributed by atoms with van der Waals surface area (Å²) >= 11 is 0. The number of carboxylic acids is 1. The highest BCUT2D eigenvalue weighted by Crippen LogP contribution is 2.08. The molecule has 0 heterocycles. The van der Waals surface area contributed by atoms with Gasteiger partial charge in [0.15, 0.2) is 0 Å². The smallest absolute Gasteiger partial charge is 0.304 e. The molecular formula is C11H16N2O2. The second-order valence-corrected chi connectivity index (χ2v) is 3.60. The van der Waals surface area contributed by atoms with E-state index in [-0.39, 0.29) is 12.5 Å². The van der Waals surface area contributed by atoms with E-state index in [4.69, 9.17) is 10.8 Å². The van der Waals surface area contributed by atoms with E-state index < -0.39 is 5.97 Å². The first-order chi connectivity index (χ1) is 7.08. The monoisotopic (exact) mass is 208 g/mol. The molecule has 0 fully saturated rings. The Morgan fingerprint density at radius 3 is 2.60 bits per heavy atom. The van der Waals surface area contributed by atoms with Gasteiger partial charge in [0, 0.05) is 18.3 Å². The third kappa shape index (κ3) is 4.46. The number of rotatable bonds is 5. The number of hydrogen-bond donors (Lipinski definition) is 3. The summed E-state index contributed by atoms with van der Waals surface area (Å²) in [7, 11) is 0. The molecule has 0 radical (unpaired) electrons. The molecule has 0 bridgehead atoms. The molecule has 4 N–H and O–H groups in total. The summed E-state index contributed by atoms with van der Waals surface area (Å²) in [5, 5.41) is 11.6. The van der Waals surface area contributed by atoms with Gasteiger partial charge in [-0.1, -0.05) is 17.7 Å². The van der Waals surface area contributed by atoms with Crippen LogP contribution in [0.2, 0.25) is 0 Å². The first-order valence-electron chi connectivity index (χ1n) is 4.86. The lowest BCUT2D eigenvalue weighted by Crippen LogP contribution is -2.31. The summed E-state index contributed by atoms with van der Waals surface area (Å²) in [6.45, 7) is 2.48. The fourth-order valence-corrected chi connectivity index (χ4v) is 1.22. The topological polar surface area (TPSA) is 75.3 Å². The van der Waals surface area contributed by atoms with Crippen LogP contribution in [0.1, 0.15) is 12.0 Å². The number of aliphatic carboxylic acids is 1. The Kier molecular flexibility index (Phi) is 4.12. The normalized spacial score (nSPS) is 12.1. The molecule has 0 aliphatic carbocycles. The predicted octanol–water partition coefficient (Wildman–Crippen LogP) is 1.21. The molecule has 0 aliphatic heterocycles. The van der Waals surface area contributed by atoms with E-state index in [2.05, 4.69) is 5.32 Å². The van der Waals surface area contributed by atoms with Gasteiger partial charge in [0.25, 0.3) is 0 Å². The fraction of sp³-hybridized carbons (Fsp3) is 0.364. The van der Waals surface area contributed by atoms with Crippen molar-refractivity contribution in [2.24, 2.45) is 5.73 Å². The van der Waals surface area contributed by atoms with Crippen molar-refractivity contribution in [3.63, 3.8) is 0 Å². The van der Waals surface area contributed by atoms with E-state index in [9.17, 15) is 4.79 Å². The molecule has 1 unspecified atom stereocenters. The summed E-state index contributed by atoms with van der Waals surface area (Å²) in [6, 6.07) is 7.52. The molecule has 0 saturated heterocycles. The lowest BCUT2D eigenvalue weighted by atomic mass is 10.2. The molecular weight excluding hydrogens is 192 g/mol. The minimum absolute atomic E-state index is 0.0150. The van der Waals surface area contributed by atoms with Gasteiger partial charge in [-0.15, -0.1) is 0 Å². The molecule has 0 saturated carbocycles. The molecule has 0 aromatic heterocycles. The van der Waals surface area contributed by atoms with Crippen LogP contribution in [0, 0.1) is 6.92 Å². The molecule has 0 aliphatic rings. The Hall–Kier alpha value is -1.55. The van der Waals surface area contributed by atoms with E-state index >= 15 is 0 Å². The lowest BCUT2D eigenvalue weighted by molar-refractivity contribution is -0.137. The van der Waals surface area contributed by atoms with Crippen LogP contribution in [0.3, 0.4) is 0 Å². The van der Waals surface area contributed by atoms with Crippen molar-refractivity contribution in [2.75, 3.05) is 11.9 Å². The highest BCUT2D eigenvalue weighted by atomic mass is 16.4. The van der Waals surface area contributed by atoms with Crippen LogP contribution >= 0.6 is 0 Å². The van der Waals surface area contributed by atoms with Gasteiger partial charge in [0.2, 0.25) is 0 Å². The van der Waals surface area contributed by atoms with Crippen molar-refractivity contribution < 1.29 is 9.90 Å². The number of hydrogen-bond acceptors (Lipinski definition) is 3. The van der Waals surface area contributed by atoms with E-state index in [1.54, 1.807) is 0 Å². The average Bonchev–Trinajstić information content (AvgIpc) is 2.16. The maximum atomic E-state index is 10.4. The second kappa shape index (κ2) is 5.36. The summed E-state index contributed by atoms with van der Waals surface area (Å²) < 4.78 is 0. The van der Waals surface area contributed by atoms with Crippen molar-refractivity contribution in [1.82, 2.24) is 0 Å². The van der Waals surface area contributed by atoms with Gasteiger partial charge >= 0.3 is 5.97 Å². The van der Waals surface area contributed by atoms with Crippen molar-refractivity contribution in [2.45, 2.75) is 19.4 Å². The number of aryl methyl sites for hydroxylation is 1. The van der Waals surface area contributed by atoms with E-state index in [0.29, 0.717) is 6.54 Å². The van der Waals surface area contributed by atoms with E-state index in [1.807, 2.05) is 31.2 Å². The van der Waals surface area contributed by atoms with Gasteiger partial charge in [-0.3, -0.25) is 4.79 Å². The number of nitrogens with two attached hydrogens (primary N) is 1. The molecule has 1 aromatic rings. The number of carbonyl (C=O) groups is 1. The van der Waals surface area contributed by atoms with Gasteiger partial charge in [-0.25, -0.2) is 0 Å². The molecule has 1 aromatic carbocycles. The van der Waals surface area contributed by atoms with Crippen LogP contribution in [0.15, 0.2) is 24.3 Å². The van der Waals surface area contributed by atoms with Crippen LogP contribution in [0.4, 0.5) is 5.69 Å². The van der Waals surface area contributed by atoms with Crippen molar-refractivity contribution in [1.29, 1.82) is 0 Å². The summed E-state index contributed by atoms with van der Waals surface area (Å²) in [4.78, 5) is 10.4. The number of carboxylic acid groups (broad SMARTS) is 1. The van der Waals surface area contributed by atoms with Crippen molar-refractivity contribution in [3.05, 3.63) is 29.8 Å². The van der Waals surface area contributed by atoms with Crippen LogP contribution < -0.4 is 11.1 Å². The first kappa shape index (κ1) is 11.5. The van der Waals surface area contributed by atoms with Gasteiger partial charge in [-0.05, 0) is 19.1 Å². The van der Waals surface area contributed by atoms with Crippen molar-refractivity contribution >= 4 is 11.7 Å². The largest absolute Gasteiger partial charge is 0.481 e. The molecule has 15 heavy (non-hydrogen) atoms. The number of benzene rings is 1. The zero-order valence-corrected chi connectivity index (χ0v) is 8.73. The highest BCUT2D eigenvalue weighted by molar-refractivity contribution is 5.67. The van der Waals surface area contributed by atoms with Crippen LogP contribution in [0.25, 0.3) is 0 Å². The van der Waals surface area contributed by atoms with E-state index in [1.165, 1.54) is 5.56 Å². The Morgan fingerprint density at radius 1 is 1.47 bits per heavy atom. The standard InChI is InChI=1S/C11H16N2O2/c1-8-2-4-10(5-3-8)13-7-9(12)6-11(14)15/h2-5,9,13H,6-7,12H2,1H3,(H,14,15). The maximum absolute atomic E-state index is 10.4. The quantitative estimate of drug-likeness (QED) is 0.679. The fourth-order valence-electron chi connectivity index (χ4n) is 1.22. The SMILES string of the molecule is Cc1ccc(NCC(N)CC(=O)O)cc1. The number of anilines is 1. The molecule has 1 rings (SSSR count). The molecule has 4 nitrogen and oxygen atoms in total. The minimum Gasteiger partial charge on any atom is -0.481 e. The van der Waals surface area contributed by atoms with Gasteiger partial charge in [0.05, 0.1) is 6.42 Å². The van der Waals surface area contributed by atoms with Crippen LogP contribution in [-0.4, -0.2) is 23.7 Å². The average molecular weight is 208 g/mol. The zero-order chi connectivity index (χ0) is 11.3. The molecule has 0 spiro atoms. The molecule has 0 amide bonds. The first-order valence-corrected chi connectivity index (χ1v) is 4.86. The predicted molar refractivity (Wildman–Crippen MR) is 59.9 cm³/mol. The Labute approximate surface area is 89.1 Å². The molecule has 1 atom stereocenters. The van der Waals surface area contributed by atoms with Crippen LogP contribution in [0.5, 0.6) is 0 Å². The van der Waals surface area contributed by atoms with Gasteiger partial charge in [0.1, 0.15) is 0 Å². The maximum Gasteiger partial charge on any atom is 0.304 e. The molecule has 4 heteroatoms. The number of nitrogens with one attached hydrogen (secondary N) is 1. The summed E-state index contributed by atoms with van der Waals surface area (Å²) in [5.41, 5.74) is 7.76. The Morgan fingerprint density at radius 2 is 2.07 bits per heavy atom. The highest BCUT2D eigenvalue weighted by Gasteiger charge is 2.06. The Bertz CT molecular complexity index is 322. The molecule has 82 valence electrons. The van der Waals surface area contributed by atoms with Gasteiger partial charge < -0.3 is 16.2 Å². The van der Waals surface area contributed by atoms with E-state index in [0.717, 1.165) is 5.69 Å². The lowest BCUT2D eigenvalue weighted by Gasteiger charge is -2.11. The summed E-state index contributed by atoms with van der Waals surface area (Å²) in [5.74, 6) is -0.867. The van der Waals surface area contributed by atoms with Crippen molar-refractivity contribution in [3.8, 4) is 0 Å².